The molecule has 0 amide bonds. The van der Waals surface area contributed by atoms with E-state index in [-0.39, 0.29) is 18.7 Å². The first-order chi connectivity index (χ1) is 9.87. The van der Waals surface area contributed by atoms with Crippen LogP contribution in [0.1, 0.15) is 33.6 Å². The fourth-order valence-corrected chi connectivity index (χ4v) is 5.02. The van der Waals surface area contributed by atoms with Crippen LogP contribution in [0.2, 0.25) is 0 Å². The Labute approximate surface area is 126 Å². The molecule has 2 rings (SSSR count). The molecule has 2 aliphatic heterocycles. The number of rotatable bonds is 4. The second-order valence-corrected chi connectivity index (χ2v) is 7.59. The summed E-state index contributed by atoms with van der Waals surface area (Å²) in [5, 5.41) is 3.26. The van der Waals surface area contributed by atoms with Gasteiger partial charge in [-0.15, -0.1) is 0 Å². The molecule has 0 bridgehead atoms. The fraction of sp³-hybridized carbons (Fsp3) is 0.923. The van der Waals surface area contributed by atoms with Crippen molar-refractivity contribution in [2.45, 2.75) is 51.7 Å². The molecule has 0 aliphatic carbocycles. The van der Waals surface area contributed by atoms with Crippen molar-refractivity contribution in [2.75, 3.05) is 26.2 Å². The Morgan fingerprint density at radius 1 is 1.33 bits per heavy atom. The smallest absolute Gasteiger partial charge is 0.324 e. The van der Waals surface area contributed by atoms with Crippen molar-refractivity contribution in [2.24, 2.45) is 0 Å². The van der Waals surface area contributed by atoms with E-state index in [0.29, 0.717) is 32.5 Å². The van der Waals surface area contributed by atoms with E-state index >= 15 is 0 Å². The topological polar surface area (TPSA) is 79.0 Å². The van der Waals surface area contributed by atoms with Crippen LogP contribution in [0.5, 0.6) is 0 Å². The normalized spacial score (nSPS) is 32.2. The minimum absolute atomic E-state index is 0.111. The standard InChI is InChI=1S/C13H25N3O4S/c1-4-20-13(17)12-6-5-7-15(12)21(18,19)16-9-10(2)14-8-11(16)3/h10-12,14H,4-9H2,1-3H3. The molecule has 21 heavy (non-hydrogen) atoms. The van der Waals surface area contributed by atoms with Crippen LogP contribution in [0, 0.1) is 0 Å². The van der Waals surface area contributed by atoms with Gasteiger partial charge < -0.3 is 10.1 Å². The molecule has 2 fully saturated rings. The number of esters is 1. The lowest BCUT2D eigenvalue weighted by Gasteiger charge is -2.39. The lowest BCUT2D eigenvalue weighted by molar-refractivity contribution is -0.147. The number of hydrogen-bond acceptors (Lipinski definition) is 5. The largest absolute Gasteiger partial charge is 0.465 e. The van der Waals surface area contributed by atoms with E-state index in [2.05, 4.69) is 5.32 Å². The SMILES string of the molecule is CCOC(=O)C1CCCN1S(=O)(=O)N1CC(C)NCC1C. The summed E-state index contributed by atoms with van der Waals surface area (Å²) >= 11 is 0. The van der Waals surface area contributed by atoms with Gasteiger partial charge in [0, 0.05) is 31.7 Å². The monoisotopic (exact) mass is 319 g/mol. The molecule has 0 spiro atoms. The van der Waals surface area contributed by atoms with Crippen LogP contribution >= 0.6 is 0 Å². The zero-order chi connectivity index (χ0) is 15.6. The molecular weight excluding hydrogens is 294 g/mol. The van der Waals surface area contributed by atoms with Gasteiger partial charge in [-0.25, -0.2) is 0 Å². The van der Waals surface area contributed by atoms with Gasteiger partial charge in [-0.05, 0) is 33.6 Å². The van der Waals surface area contributed by atoms with E-state index in [1.165, 1.54) is 8.61 Å². The fourth-order valence-electron chi connectivity index (χ4n) is 2.93. The van der Waals surface area contributed by atoms with Crippen molar-refractivity contribution < 1.29 is 17.9 Å². The summed E-state index contributed by atoms with van der Waals surface area (Å²) in [5.41, 5.74) is 0. The number of nitrogens with zero attached hydrogens (tertiary/aromatic N) is 2. The van der Waals surface area contributed by atoms with E-state index < -0.39 is 22.2 Å². The predicted molar refractivity (Wildman–Crippen MR) is 78.9 cm³/mol. The molecular formula is C13H25N3O4S. The first-order valence-corrected chi connectivity index (χ1v) is 8.96. The van der Waals surface area contributed by atoms with Gasteiger partial charge >= 0.3 is 5.97 Å². The second-order valence-electron chi connectivity index (χ2n) is 5.76. The first-order valence-electron chi connectivity index (χ1n) is 7.56. The van der Waals surface area contributed by atoms with Gasteiger partial charge in [-0.1, -0.05) is 0 Å². The maximum absolute atomic E-state index is 12.9. The Morgan fingerprint density at radius 2 is 2.05 bits per heavy atom. The van der Waals surface area contributed by atoms with Crippen LogP contribution < -0.4 is 5.32 Å². The van der Waals surface area contributed by atoms with Crippen molar-refractivity contribution in [3.8, 4) is 0 Å². The van der Waals surface area contributed by atoms with E-state index in [0.717, 1.165) is 0 Å². The van der Waals surface area contributed by atoms with Crippen molar-refractivity contribution in [3.05, 3.63) is 0 Å². The highest BCUT2D eigenvalue weighted by molar-refractivity contribution is 7.86. The molecule has 0 aromatic heterocycles. The molecule has 3 unspecified atom stereocenters. The summed E-state index contributed by atoms with van der Waals surface area (Å²) in [7, 11) is -3.63. The maximum Gasteiger partial charge on any atom is 0.324 e. The van der Waals surface area contributed by atoms with Gasteiger partial charge in [0.25, 0.3) is 10.2 Å². The number of hydrogen-bond donors (Lipinski definition) is 1. The van der Waals surface area contributed by atoms with E-state index in [1.807, 2.05) is 13.8 Å². The minimum Gasteiger partial charge on any atom is -0.465 e. The summed E-state index contributed by atoms with van der Waals surface area (Å²) in [5.74, 6) is -0.436. The molecule has 2 aliphatic rings. The molecule has 2 saturated heterocycles. The number of piperazine rings is 1. The Balaban J connectivity index is 2.19. The lowest BCUT2D eigenvalue weighted by Crippen LogP contribution is -2.60. The van der Waals surface area contributed by atoms with Gasteiger partial charge in [-0.3, -0.25) is 4.79 Å². The number of ether oxygens (including phenoxy) is 1. The minimum atomic E-state index is -3.63. The molecule has 0 radical (unpaired) electrons. The van der Waals surface area contributed by atoms with Crippen LogP contribution in [-0.4, -0.2) is 67.4 Å². The molecule has 122 valence electrons. The van der Waals surface area contributed by atoms with Crippen LogP contribution in [0.4, 0.5) is 0 Å². The lowest BCUT2D eigenvalue weighted by atomic mass is 10.2. The third-order valence-corrected chi connectivity index (χ3v) is 6.19. The molecule has 0 aromatic carbocycles. The highest BCUT2D eigenvalue weighted by atomic mass is 32.2. The molecule has 7 nitrogen and oxygen atoms in total. The molecule has 8 heteroatoms. The Bertz CT molecular complexity index is 482. The van der Waals surface area contributed by atoms with Crippen molar-refractivity contribution >= 4 is 16.2 Å². The van der Waals surface area contributed by atoms with Crippen LogP contribution in [0.25, 0.3) is 0 Å². The average Bonchev–Trinajstić information content (AvgIpc) is 2.92. The van der Waals surface area contributed by atoms with E-state index in [4.69, 9.17) is 4.74 Å². The average molecular weight is 319 g/mol. The highest BCUT2D eigenvalue weighted by Crippen LogP contribution is 2.26. The van der Waals surface area contributed by atoms with E-state index in [1.54, 1.807) is 6.92 Å². The number of carbonyl (C=O) groups is 1. The predicted octanol–water partition coefficient (Wildman–Crippen LogP) is -0.0591. The summed E-state index contributed by atoms with van der Waals surface area (Å²) in [4.78, 5) is 12.0. The molecule has 1 N–H and O–H groups in total. The van der Waals surface area contributed by atoms with Crippen LogP contribution in [-0.2, 0) is 19.7 Å². The molecule has 3 atom stereocenters. The van der Waals surface area contributed by atoms with Gasteiger partial charge in [0.05, 0.1) is 6.61 Å². The molecule has 2 heterocycles. The first kappa shape index (κ1) is 16.7. The summed E-state index contributed by atoms with van der Waals surface area (Å²) in [6, 6.07) is -0.679. The molecule has 0 saturated carbocycles. The number of nitrogens with one attached hydrogen (secondary N) is 1. The van der Waals surface area contributed by atoms with E-state index in [9.17, 15) is 13.2 Å². The van der Waals surface area contributed by atoms with Crippen LogP contribution in [0.15, 0.2) is 0 Å². The van der Waals surface area contributed by atoms with Crippen molar-refractivity contribution in [1.29, 1.82) is 0 Å². The zero-order valence-corrected chi connectivity index (χ0v) is 13.7. The Morgan fingerprint density at radius 3 is 2.71 bits per heavy atom. The van der Waals surface area contributed by atoms with Gasteiger partial charge in [0.15, 0.2) is 0 Å². The second kappa shape index (κ2) is 6.60. The van der Waals surface area contributed by atoms with Crippen molar-refractivity contribution in [1.82, 2.24) is 13.9 Å². The van der Waals surface area contributed by atoms with Gasteiger partial charge in [0.1, 0.15) is 6.04 Å². The quantitative estimate of drug-likeness (QED) is 0.735. The maximum atomic E-state index is 12.9. The van der Waals surface area contributed by atoms with Gasteiger partial charge in [-0.2, -0.15) is 17.0 Å². The summed E-state index contributed by atoms with van der Waals surface area (Å²) < 4.78 is 33.6. The number of carbonyl (C=O) groups excluding carboxylic acids is 1. The third kappa shape index (κ3) is 3.39. The van der Waals surface area contributed by atoms with Crippen molar-refractivity contribution in [3.63, 3.8) is 0 Å². The van der Waals surface area contributed by atoms with Crippen LogP contribution in [0.3, 0.4) is 0 Å². The summed E-state index contributed by atoms with van der Waals surface area (Å²) in [6.07, 6.45) is 1.23. The third-order valence-electron chi connectivity index (χ3n) is 4.06. The van der Waals surface area contributed by atoms with Gasteiger partial charge in [0.2, 0.25) is 0 Å². The zero-order valence-electron chi connectivity index (χ0n) is 12.9. The molecule has 0 aromatic rings. The Hall–Kier alpha value is -0.700. The Kier molecular flexibility index (Phi) is 5.24. The summed E-state index contributed by atoms with van der Waals surface area (Å²) in [6.45, 7) is 7.27. The highest BCUT2D eigenvalue weighted by Gasteiger charge is 2.44.